The second kappa shape index (κ2) is 4.62. The van der Waals surface area contributed by atoms with E-state index in [-0.39, 0.29) is 0 Å². The van der Waals surface area contributed by atoms with Crippen LogP contribution in [0.25, 0.3) is 0 Å². The minimum absolute atomic E-state index is 0.361. The van der Waals surface area contributed by atoms with E-state index in [4.69, 9.17) is 9.84 Å². The lowest BCUT2D eigenvalue weighted by Gasteiger charge is -2.03. The molecule has 1 aromatic carbocycles. The summed E-state index contributed by atoms with van der Waals surface area (Å²) >= 11 is 0. The molecule has 0 aliphatic heterocycles. The summed E-state index contributed by atoms with van der Waals surface area (Å²) in [6.45, 7) is 0.546. The quantitative estimate of drug-likeness (QED) is 0.765. The maximum absolute atomic E-state index is 10.7. The highest BCUT2D eigenvalue weighted by molar-refractivity contribution is 5.89. The van der Waals surface area contributed by atoms with Crippen molar-refractivity contribution in [2.24, 2.45) is 0 Å². The van der Waals surface area contributed by atoms with Crippen LogP contribution >= 0.6 is 0 Å². The van der Waals surface area contributed by atoms with E-state index in [1.54, 1.807) is 19.2 Å². The predicted octanol–water partition coefficient (Wildman–Crippen LogP) is 1.57. The van der Waals surface area contributed by atoms with Crippen LogP contribution in [0.1, 0.15) is 15.9 Å². The molecule has 0 spiro atoms. The SMILES string of the molecule is COCCc1ccccc1C(=O)O. The monoisotopic (exact) mass is 180 g/mol. The molecule has 1 rings (SSSR count). The van der Waals surface area contributed by atoms with Crippen LogP contribution in [0, 0.1) is 0 Å². The van der Waals surface area contributed by atoms with Crippen molar-refractivity contribution in [2.45, 2.75) is 6.42 Å². The molecule has 0 aliphatic rings. The number of carboxylic acids is 1. The molecule has 1 N–H and O–H groups in total. The Bertz CT molecular complexity index is 294. The molecule has 0 amide bonds. The summed E-state index contributed by atoms with van der Waals surface area (Å²) in [5, 5.41) is 8.82. The molecular weight excluding hydrogens is 168 g/mol. The Labute approximate surface area is 77.0 Å². The highest BCUT2D eigenvalue weighted by Crippen LogP contribution is 2.09. The fourth-order valence-corrected chi connectivity index (χ4v) is 1.16. The topological polar surface area (TPSA) is 46.5 Å². The van der Waals surface area contributed by atoms with Gasteiger partial charge in [0.15, 0.2) is 0 Å². The van der Waals surface area contributed by atoms with Crippen molar-refractivity contribution in [2.75, 3.05) is 13.7 Å². The lowest BCUT2D eigenvalue weighted by atomic mass is 10.1. The Kier molecular flexibility index (Phi) is 3.46. The zero-order valence-electron chi connectivity index (χ0n) is 7.49. The Morgan fingerprint density at radius 2 is 2.15 bits per heavy atom. The van der Waals surface area contributed by atoms with Gasteiger partial charge in [0, 0.05) is 7.11 Å². The van der Waals surface area contributed by atoms with E-state index in [1.807, 2.05) is 12.1 Å². The van der Waals surface area contributed by atoms with E-state index in [9.17, 15) is 4.79 Å². The number of ether oxygens (including phenoxy) is 1. The van der Waals surface area contributed by atoms with E-state index >= 15 is 0 Å². The number of carbonyl (C=O) groups is 1. The molecule has 0 aromatic heterocycles. The van der Waals surface area contributed by atoms with Gasteiger partial charge in [-0.2, -0.15) is 0 Å². The molecule has 0 heterocycles. The maximum atomic E-state index is 10.7. The molecular formula is C10H12O3. The fraction of sp³-hybridized carbons (Fsp3) is 0.300. The molecule has 0 saturated heterocycles. The van der Waals surface area contributed by atoms with Crippen molar-refractivity contribution >= 4 is 5.97 Å². The third-order valence-electron chi connectivity index (χ3n) is 1.82. The normalized spacial score (nSPS) is 9.92. The van der Waals surface area contributed by atoms with Gasteiger partial charge in [0.05, 0.1) is 12.2 Å². The molecule has 1 aromatic rings. The van der Waals surface area contributed by atoms with E-state index in [1.165, 1.54) is 0 Å². The Morgan fingerprint density at radius 3 is 2.77 bits per heavy atom. The number of benzene rings is 1. The molecule has 0 saturated carbocycles. The molecule has 0 fully saturated rings. The van der Waals surface area contributed by atoms with Crippen molar-refractivity contribution in [3.63, 3.8) is 0 Å². The standard InChI is InChI=1S/C10H12O3/c1-13-7-6-8-4-2-3-5-9(8)10(11)12/h2-5H,6-7H2,1H3,(H,11,12). The second-order valence-electron chi connectivity index (χ2n) is 2.71. The van der Waals surface area contributed by atoms with Crippen molar-refractivity contribution in [3.8, 4) is 0 Å². The number of carboxylic acid groups (broad SMARTS) is 1. The molecule has 13 heavy (non-hydrogen) atoms. The van der Waals surface area contributed by atoms with Crippen LogP contribution in [-0.4, -0.2) is 24.8 Å². The highest BCUT2D eigenvalue weighted by Gasteiger charge is 2.07. The van der Waals surface area contributed by atoms with Crippen molar-refractivity contribution in [1.29, 1.82) is 0 Å². The van der Waals surface area contributed by atoms with Crippen LogP contribution in [0.15, 0.2) is 24.3 Å². The summed E-state index contributed by atoms with van der Waals surface area (Å²) < 4.78 is 4.89. The molecule has 0 aliphatic carbocycles. The van der Waals surface area contributed by atoms with Gasteiger partial charge in [-0.15, -0.1) is 0 Å². The van der Waals surface area contributed by atoms with Crippen LogP contribution < -0.4 is 0 Å². The first-order valence-corrected chi connectivity index (χ1v) is 4.06. The average molecular weight is 180 g/mol. The molecule has 0 radical (unpaired) electrons. The largest absolute Gasteiger partial charge is 0.478 e. The fourth-order valence-electron chi connectivity index (χ4n) is 1.16. The third-order valence-corrected chi connectivity index (χ3v) is 1.82. The second-order valence-corrected chi connectivity index (χ2v) is 2.71. The summed E-state index contributed by atoms with van der Waals surface area (Å²) in [4.78, 5) is 10.7. The van der Waals surface area contributed by atoms with Gasteiger partial charge in [-0.25, -0.2) is 4.79 Å². The van der Waals surface area contributed by atoms with Crippen LogP contribution in [-0.2, 0) is 11.2 Å². The Morgan fingerprint density at radius 1 is 1.46 bits per heavy atom. The van der Waals surface area contributed by atoms with Gasteiger partial charge in [0.2, 0.25) is 0 Å². The van der Waals surface area contributed by atoms with Crippen molar-refractivity contribution in [1.82, 2.24) is 0 Å². The van der Waals surface area contributed by atoms with Crippen LogP contribution in [0.3, 0.4) is 0 Å². The van der Waals surface area contributed by atoms with Crippen LogP contribution in [0.2, 0.25) is 0 Å². The third kappa shape index (κ3) is 2.56. The Hall–Kier alpha value is -1.35. The van der Waals surface area contributed by atoms with E-state index in [2.05, 4.69) is 0 Å². The van der Waals surface area contributed by atoms with Gasteiger partial charge in [-0.3, -0.25) is 0 Å². The molecule has 0 bridgehead atoms. The number of hydrogen-bond acceptors (Lipinski definition) is 2. The first-order chi connectivity index (χ1) is 6.25. The lowest BCUT2D eigenvalue weighted by Crippen LogP contribution is -2.04. The molecule has 70 valence electrons. The van der Waals surface area contributed by atoms with Gasteiger partial charge in [-0.1, -0.05) is 18.2 Å². The van der Waals surface area contributed by atoms with Gasteiger partial charge >= 0.3 is 5.97 Å². The first-order valence-electron chi connectivity index (χ1n) is 4.06. The van der Waals surface area contributed by atoms with Gasteiger partial charge < -0.3 is 9.84 Å². The van der Waals surface area contributed by atoms with E-state index in [0.29, 0.717) is 18.6 Å². The molecule has 3 nitrogen and oxygen atoms in total. The number of methoxy groups -OCH3 is 1. The smallest absolute Gasteiger partial charge is 0.335 e. The average Bonchev–Trinajstić information content (AvgIpc) is 2.15. The van der Waals surface area contributed by atoms with Gasteiger partial charge in [-0.05, 0) is 18.1 Å². The molecule has 3 heteroatoms. The predicted molar refractivity (Wildman–Crippen MR) is 49.0 cm³/mol. The summed E-state index contributed by atoms with van der Waals surface area (Å²) in [5.74, 6) is -0.883. The zero-order valence-corrected chi connectivity index (χ0v) is 7.49. The minimum Gasteiger partial charge on any atom is -0.478 e. The first kappa shape index (κ1) is 9.74. The van der Waals surface area contributed by atoms with Crippen LogP contribution in [0.4, 0.5) is 0 Å². The Balaban J connectivity index is 2.84. The number of aromatic carboxylic acids is 1. The molecule has 0 unspecified atom stereocenters. The summed E-state index contributed by atoms with van der Waals surface area (Å²) in [6, 6.07) is 6.97. The zero-order chi connectivity index (χ0) is 9.68. The van der Waals surface area contributed by atoms with E-state index < -0.39 is 5.97 Å². The van der Waals surface area contributed by atoms with E-state index in [0.717, 1.165) is 5.56 Å². The van der Waals surface area contributed by atoms with Gasteiger partial charge in [0.1, 0.15) is 0 Å². The van der Waals surface area contributed by atoms with Gasteiger partial charge in [0.25, 0.3) is 0 Å². The number of rotatable bonds is 4. The summed E-state index contributed by atoms with van der Waals surface area (Å²) in [5.41, 5.74) is 1.18. The maximum Gasteiger partial charge on any atom is 0.335 e. The van der Waals surface area contributed by atoms with Crippen molar-refractivity contribution < 1.29 is 14.6 Å². The minimum atomic E-state index is -0.883. The summed E-state index contributed by atoms with van der Waals surface area (Å²) in [7, 11) is 1.60. The summed E-state index contributed by atoms with van der Waals surface area (Å²) in [6.07, 6.45) is 0.638. The number of hydrogen-bond donors (Lipinski definition) is 1. The van der Waals surface area contributed by atoms with Crippen molar-refractivity contribution in [3.05, 3.63) is 35.4 Å². The lowest BCUT2D eigenvalue weighted by molar-refractivity contribution is 0.0695. The highest BCUT2D eigenvalue weighted by atomic mass is 16.5. The van der Waals surface area contributed by atoms with Crippen LogP contribution in [0.5, 0.6) is 0 Å². The molecule has 0 atom stereocenters.